The average Bonchev–Trinajstić information content (AvgIpc) is 2.42. The fourth-order valence-corrected chi connectivity index (χ4v) is 2.01. The fourth-order valence-electron chi connectivity index (χ4n) is 2.01. The molecule has 104 valence electrons. The molecule has 5 heteroatoms. The summed E-state index contributed by atoms with van der Waals surface area (Å²) in [6.45, 7) is 2.12. The molecule has 0 saturated carbocycles. The second-order valence-corrected chi connectivity index (χ2v) is 4.56. The molecule has 1 heterocycles. The van der Waals surface area contributed by atoms with Crippen molar-refractivity contribution in [3.8, 4) is 0 Å². The lowest BCUT2D eigenvalue weighted by Gasteiger charge is -2.25. The molecule has 1 fully saturated rings. The topological polar surface area (TPSA) is 35.5 Å². The first-order valence-electron chi connectivity index (χ1n) is 6.34. The highest BCUT2D eigenvalue weighted by atomic mass is 19.1. The van der Waals surface area contributed by atoms with Crippen molar-refractivity contribution in [3.63, 3.8) is 0 Å². The summed E-state index contributed by atoms with van der Waals surface area (Å²) in [5, 5.41) is 0. The number of ether oxygens (including phenoxy) is 2. The van der Waals surface area contributed by atoms with Crippen LogP contribution in [0.2, 0.25) is 0 Å². The van der Waals surface area contributed by atoms with Crippen LogP contribution in [-0.2, 0) is 9.47 Å². The Kier molecular flexibility index (Phi) is 4.61. The highest BCUT2D eigenvalue weighted by Gasteiger charge is 2.24. The van der Waals surface area contributed by atoms with Crippen molar-refractivity contribution in [2.75, 3.05) is 6.61 Å². The Bertz CT molecular complexity index is 456. The Morgan fingerprint density at radius 1 is 1.42 bits per heavy atom. The average molecular weight is 270 g/mol. The number of halogens is 2. The van der Waals surface area contributed by atoms with Crippen molar-refractivity contribution in [2.24, 2.45) is 0 Å². The lowest BCUT2D eigenvalue weighted by molar-refractivity contribution is -0.174. The van der Waals surface area contributed by atoms with E-state index in [0.717, 1.165) is 31.0 Å². The van der Waals surface area contributed by atoms with E-state index in [9.17, 15) is 13.6 Å². The minimum absolute atomic E-state index is 0.289. The van der Waals surface area contributed by atoms with Gasteiger partial charge in [-0.25, -0.2) is 8.78 Å². The SMILES string of the molecule is C[C@@H](OC1CCCCO1)C(=O)c1cc(F)ccc1F. The lowest BCUT2D eigenvalue weighted by Crippen LogP contribution is -2.31. The van der Waals surface area contributed by atoms with Crippen molar-refractivity contribution in [3.05, 3.63) is 35.4 Å². The molecule has 1 aliphatic heterocycles. The van der Waals surface area contributed by atoms with Crippen molar-refractivity contribution < 1.29 is 23.0 Å². The van der Waals surface area contributed by atoms with Gasteiger partial charge in [0.05, 0.1) is 5.56 Å². The van der Waals surface area contributed by atoms with Crippen LogP contribution < -0.4 is 0 Å². The van der Waals surface area contributed by atoms with Crippen LogP contribution in [0.4, 0.5) is 8.78 Å². The fraction of sp³-hybridized carbons (Fsp3) is 0.500. The quantitative estimate of drug-likeness (QED) is 0.789. The minimum Gasteiger partial charge on any atom is -0.353 e. The Balaban J connectivity index is 2.03. The normalized spacial score (nSPS) is 21.1. The molecule has 0 aliphatic carbocycles. The van der Waals surface area contributed by atoms with Gasteiger partial charge in [-0.1, -0.05) is 0 Å². The van der Waals surface area contributed by atoms with E-state index < -0.39 is 29.8 Å². The maximum absolute atomic E-state index is 13.5. The van der Waals surface area contributed by atoms with Crippen LogP contribution in [0, 0.1) is 11.6 Å². The maximum Gasteiger partial charge on any atom is 0.194 e. The van der Waals surface area contributed by atoms with Crippen molar-refractivity contribution in [1.82, 2.24) is 0 Å². The number of hydrogen-bond acceptors (Lipinski definition) is 3. The zero-order valence-electron chi connectivity index (χ0n) is 10.7. The first-order valence-corrected chi connectivity index (χ1v) is 6.34. The molecule has 1 unspecified atom stereocenters. The van der Waals surface area contributed by atoms with Crippen molar-refractivity contribution in [1.29, 1.82) is 0 Å². The van der Waals surface area contributed by atoms with Crippen LogP contribution in [-0.4, -0.2) is 24.8 Å². The van der Waals surface area contributed by atoms with Gasteiger partial charge in [0.2, 0.25) is 0 Å². The molecule has 0 aromatic heterocycles. The molecule has 1 saturated heterocycles. The maximum atomic E-state index is 13.5. The zero-order valence-corrected chi connectivity index (χ0v) is 10.7. The predicted molar refractivity (Wildman–Crippen MR) is 64.8 cm³/mol. The molecule has 0 amide bonds. The minimum atomic E-state index is -0.862. The largest absolute Gasteiger partial charge is 0.353 e. The summed E-state index contributed by atoms with van der Waals surface area (Å²) in [6, 6.07) is 2.80. The van der Waals surface area contributed by atoms with E-state index in [2.05, 4.69) is 0 Å². The molecule has 1 aliphatic rings. The van der Waals surface area contributed by atoms with E-state index in [4.69, 9.17) is 9.47 Å². The molecule has 0 spiro atoms. The first-order chi connectivity index (χ1) is 9.08. The smallest absolute Gasteiger partial charge is 0.194 e. The predicted octanol–water partition coefficient (Wildman–Crippen LogP) is 3.08. The summed E-state index contributed by atoms with van der Waals surface area (Å²) in [5.41, 5.74) is -0.289. The van der Waals surface area contributed by atoms with E-state index in [1.165, 1.54) is 6.92 Å². The van der Waals surface area contributed by atoms with Gasteiger partial charge in [0.1, 0.15) is 17.7 Å². The Hall–Kier alpha value is -1.33. The Labute approximate surface area is 110 Å². The summed E-state index contributed by atoms with van der Waals surface area (Å²) in [5.74, 6) is -1.97. The third-order valence-electron chi connectivity index (χ3n) is 3.06. The highest BCUT2D eigenvalue weighted by Crippen LogP contribution is 2.18. The highest BCUT2D eigenvalue weighted by molar-refractivity contribution is 5.99. The van der Waals surface area contributed by atoms with Gasteiger partial charge in [-0.05, 0) is 44.4 Å². The van der Waals surface area contributed by atoms with E-state index in [1.54, 1.807) is 0 Å². The van der Waals surface area contributed by atoms with Gasteiger partial charge in [-0.3, -0.25) is 4.79 Å². The van der Waals surface area contributed by atoms with Crippen molar-refractivity contribution in [2.45, 2.75) is 38.6 Å². The molecule has 1 aromatic carbocycles. The molecule has 0 N–H and O–H groups in total. The van der Waals surface area contributed by atoms with E-state index >= 15 is 0 Å². The van der Waals surface area contributed by atoms with Crippen LogP contribution in [0.5, 0.6) is 0 Å². The molecule has 0 bridgehead atoms. The van der Waals surface area contributed by atoms with Crippen molar-refractivity contribution >= 4 is 5.78 Å². The third kappa shape index (κ3) is 3.58. The summed E-state index contributed by atoms with van der Waals surface area (Å²) >= 11 is 0. The number of ketones is 1. The number of Topliss-reactive ketones (excluding diaryl/α,β-unsaturated/α-hetero) is 1. The van der Waals surface area contributed by atoms with Crippen LogP contribution in [0.25, 0.3) is 0 Å². The number of rotatable bonds is 4. The number of benzene rings is 1. The third-order valence-corrected chi connectivity index (χ3v) is 3.06. The standard InChI is InChI=1S/C14H16F2O3/c1-9(19-13-4-2-3-7-18-13)14(17)11-8-10(15)5-6-12(11)16/h5-6,8-9,13H,2-4,7H2,1H3/t9-,13?/m1/s1. The molecule has 0 radical (unpaired) electrons. The lowest BCUT2D eigenvalue weighted by atomic mass is 10.1. The molecule has 2 rings (SSSR count). The van der Waals surface area contributed by atoms with Gasteiger partial charge in [-0.15, -0.1) is 0 Å². The van der Waals surface area contributed by atoms with Crippen LogP contribution >= 0.6 is 0 Å². The summed E-state index contributed by atoms with van der Waals surface area (Å²) < 4.78 is 37.3. The van der Waals surface area contributed by atoms with E-state index in [1.807, 2.05) is 0 Å². The monoisotopic (exact) mass is 270 g/mol. The second-order valence-electron chi connectivity index (χ2n) is 4.56. The first kappa shape index (κ1) is 14.1. The molecule has 19 heavy (non-hydrogen) atoms. The van der Waals surface area contributed by atoms with Crippen LogP contribution in [0.3, 0.4) is 0 Å². The summed E-state index contributed by atoms with van der Waals surface area (Å²) in [6.07, 6.45) is 1.35. The number of carbonyl (C=O) groups is 1. The zero-order chi connectivity index (χ0) is 13.8. The molecular formula is C14H16F2O3. The van der Waals surface area contributed by atoms with Gasteiger partial charge < -0.3 is 9.47 Å². The van der Waals surface area contributed by atoms with Gasteiger partial charge in [0.15, 0.2) is 12.1 Å². The Morgan fingerprint density at radius 3 is 2.89 bits per heavy atom. The summed E-state index contributed by atoms with van der Waals surface area (Å²) in [4.78, 5) is 12.0. The van der Waals surface area contributed by atoms with Gasteiger partial charge in [-0.2, -0.15) is 0 Å². The van der Waals surface area contributed by atoms with Gasteiger partial charge >= 0.3 is 0 Å². The van der Waals surface area contributed by atoms with Gasteiger partial charge in [0.25, 0.3) is 0 Å². The Morgan fingerprint density at radius 2 is 2.21 bits per heavy atom. The molecular weight excluding hydrogens is 254 g/mol. The molecule has 3 nitrogen and oxygen atoms in total. The molecule has 1 aromatic rings. The number of carbonyl (C=O) groups excluding carboxylic acids is 1. The number of hydrogen-bond donors (Lipinski definition) is 0. The van der Waals surface area contributed by atoms with Crippen LogP contribution in [0.1, 0.15) is 36.5 Å². The molecule has 2 atom stereocenters. The second kappa shape index (κ2) is 6.21. The van der Waals surface area contributed by atoms with Gasteiger partial charge in [0, 0.05) is 6.61 Å². The van der Waals surface area contributed by atoms with E-state index in [0.29, 0.717) is 13.0 Å². The van der Waals surface area contributed by atoms with E-state index in [-0.39, 0.29) is 5.56 Å². The van der Waals surface area contributed by atoms with Crippen LogP contribution in [0.15, 0.2) is 18.2 Å². The summed E-state index contributed by atoms with van der Waals surface area (Å²) in [7, 11) is 0.